The molecule has 0 N–H and O–H groups in total. The Balaban J connectivity index is 1.58. The van der Waals surface area contributed by atoms with Gasteiger partial charge in [0.25, 0.3) is 0 Å². The number of para-hydroxylation sites is 2. The van der Waals surface area contributed by atoms with Crippen molar-refractivity contribution in [3.8, 4) is 22.3 Å². The van der Waals surface area contributed by atoms with Crippen LogP contribution in [0.3, 0.4) is 0 Å². The fourth-order valence-electron chi connectivity index (χ4n) is 5.58. The second-order valence-corrected chi connectivity index (χ2v) is 9.13. The first-order chi connectivity index (χ1) is 16.2. The summed E-state index contributed by atoms with van der Waals surface area (Å²) < 4.78 is 2.44. The average molecular weight is 422 g/mol. The quantitative estimate of drug-likeness (QED) is 0.263. The summed E-state index contributed by atoms with van der Waals surface area (Å²) in [7, 11) is 0. The topological polar surface area (TPSA) is 4.41 Å². The van der Waals surface area contributed by atoms with Gasteiger partial charge in [-0.05, 0) is 77.6 Å². The molecule has 0 atom stereocenters. The molecule has 33 heavy (non-hydrogen) atoms. The molecule has 2 heterocycles. The van der Waals surface area contributed by atoms with Crippen LogP contribution in [0.2, 0.25) is 0 Å². The second-order valence-electron chi connectivity index (χ2n) is 9.13. The number of fused-ring (bicyclic) bond motifs is 6. The molecule has 7 rings (SSSR count). The minimum absolute atomic E-state index is 1.26. The summed E-state index contributed by atoms with van der Waals surface area (Å²) in [5.74, 6) is 0. The molecule has 0 aliphatic rings. The lowest BCUT2D eigenvalue weighted by molar-refractivity contribution is 1.37. The number of aryl methyl sites for hydroxylation is 2. The SMILES string of the molecule is Cc1ccccc1-c1cc(-c2cc3c4ccccc4n4c5ccccc5c(c2)c34)ccc1C. The van der Waals surface area contributed by atoms with E-state index in [2.05, 4.69) is 121 Å². The van der Waals surface area contributed by atoms with Crippen molar-refractivity contribution >= 4 is 38.1 Å². The molecule has 7 aromatic rings. The van der Waals surface area contributed by atoms with Crippen LogP contribution in [0.5, 0.6) is 0 Å². The Morgan fingerprint density at radius 3 is 1.70 bits per heavy atom. The highest BCUT2D eigenvalue weighted by Gasteiger charge is 2.18. The maximum Gasteiger partial charge on any atom is 0.0620 e. The van der Waals surface area contributed by atoms with Gasteiger partial charge >= 0.3 is 0 Å². The molecule has 0 unspecified atom stereocenters. The van der Waals surface area contributed by atoms with Crippen molar-refractivity contribution in [3.05, 3.63) is 114 Å². The summed E-state index contributed by atoms with van der Waals surface area (Å²) in [6, 6.07) is 37.9. The van der Waals surface area contributed by atoms with Crippen molar-refractivity contribution in [2.75, 3.05) is 0 Å². The van der Waals surface area contributed by atoms with E-state index in [1.165, 1.54) is 71.5 Å². The van der Waals surface area contributed by atoms with Crippen LogP contribution in [0.15, 0.2) is 103 Å². The van der Waals surface area contributed by atoms with Gasteiger partial charge in [0.15, 0.2) is 0 Å². The Labute approximate surface area is 192 Å². The zero-order chi connectivity index (χ0) is 22.1. The fraction of sp³-hybridized carbons (Fsp3) is 0.0625. The van der Waals surface area contributed by atoms with Crippen LogP contribution in [0.1, 0.15) is 11.1 Å². The third-order valence-electron chi connectivity index (χ3n) is 7.21. The highest BCUT2D eigenvalue weighted by atomic mass is 14.9. The lowest BCUT2D eigenvalue weighted by Gasteiger charge is -2.12. The van der Waals surface area contributed by atoms with Gasteiger partial charge in [-0.1, -0.05) is 72.8 Å². The predicted octanol–water partition coefficient (Wildman–Crippen LogP) is 8.79. The van der Waals surface area contributed by atoms with Crippen LogP contribution in [-0.4, -0.2) is 4.40 Å². The molecular formula is C32H23N. The second kappa shape index (κ2) is 6.70. The van der Waals surface area contributed by atoms with E-state index in [-0.39, 0.29) is 0 Å². The molecule has 0 amide bonds. The van der Waals surface area contributed by atoms with E-state index < -0.39 is 0 Å². The Kier molecular flexibility index (Phi) is 3.75. The molecular weight excluding hydrogens is 398 g/mol. The zero-order valence-electron chi connectivity index (χ0n) is 18.8. The van der Waals surface area contributed by atoms with Crippen molar-refractivity contribution < 1.29 is 0 Å². The smallest absolute Gasteiger partial charge is 0.0620 e. The van der Waals surface area contributed by atoms with Gasteiger partial charge in [-0.3, -0.25) is 0 Å². The fourth-order valence-corrected chi connectivity index (χ4v) is 5.58. The molecule has 1 nitrogen and oxygen atoms in total. The van der Waals surface area contributed by atoms with Crippen LogP contribution in [-0.2, 0) is 0 Å². The molecule has 0 bridgehead atoms. The Bertz CT molecular complexity index is 1750. The summed E-state index contributed by atoms with van der Waals surface area (Å²) >= 11 is 0. The van der Waals surface area contributed by atoms with Gasteiger partial charge in [-0.15, -0.1) is 0 Å². The lowest BCUT2D eigenvalue weighted by atomic mass is 9.92. The van der Waals surface area contributed by atoms with Crippen LogP contribution in [0.4, 0.5) is 0 Å². The summed E-state index contributed by atoms with van der Waals surface area (Å²) in [6.45, 7) is 4.40. The van der Waals surface area contributed by atoms with E-state index >= 15 is 0 Å². The predicted molar refractivity (Wildman–Crippen MR) is 141 cm³/mol. The van der Waals surface area contributed by atoms with Gasteiger partial charge in [0.2, 0.25) is 0 Å². The van der Waals surface area contributed by atoms with E-state index in [1.54, 1.807) is 0 Å². The molecule has 0 fully saturated rings. The van der Waals surface area contributed by atoms with Gasteiger partial charge in [0, 0.05) is 21.5 Å². The average Bonchev–Trinajstić information content (AvgIpc) is 3.36. The highest BCUT2D eigenvalue weighted by molar-refractivity contribution is 6.24. The van der Waals surface area contributed by atoms with Crippen molar-refractivity contribution in [3.63, 3.8) is 0 Å². The number of hydrogen-bond donors (Lipinski definition) is 0. The number of rotatable bonds is 2. The summed E-state index contributed by atoms with van der Waals surface area (Å²) in [5.41, 5.74) is 11.7. The normalized spacial score (nSPS) is 11.9. The Morgan fingerprint density at radius 2 is 1.03 bits per heavy atom. The number of aromatic nitrogens is 1. The van der Waals surface area contributed by atoms with Gasteiger partial charge in [-0.2, -0.15) is 0 Å². The van der Waals surface area contributed by atoms with E-state index in [9.17, 15) is 0 Å². The largest absolute Gasteiger partial charge is 0.308 e. The first kappa shape index (κ1) is 18.5. The first-order valence-electron chi connectivity index (χ1n) is 11.5. The van der Waals surface area contributed by atoms with Crippen molar-refractivity contribution in [1.29, 1.82) is 0 Å². The molecule has 0 saturated carbocycles. The number of hydrogen-bond acceptors (Lipinski definition) is 0. The Hall–Kier alpha value is -4.10. The highest BCUT2D eigenvalue weighted by Crippen LogP contribution is 2.42. The van der Waals surface area contributed by atoms with E-state index in [4.69, 9.17) is 0 Å². The molecule has 1 heteroatoms. The summed E-state index contributed by atoms with van der Waals surface area (Å²) in [5, 5.41) is 5.28. The molecule has 0 aliphatic heterocycles. The van der Waals surface area contributed by atoms with Crippen LogP contribution in [0.25, 0.3) is 60.3 Å². The minimum Gasteiger partial charge on any atom is -0.308 e. The van der Waals surface area contributed by atoms with Gasteiger partial charge < -0.3 is 4.40 Å². The maximum absolute atomic E-state index is 2.44. The van der Waals surface area contributed by atoms with Crippen molar-refractivity contribution in [2.24, 2.45) is 0 Å². The molecule has 2 aromatic heterocycles. The molecule has 0 saturated heterocycles. The van der Waals surface area contributed by atoms with E-state index in [0.717, 1.165) is 0 Å². The monoisotopic (exact) mass is 421 g/mol. The molecule has 5 aromatic carbocycles. The lowest BCUT2D eigenvalue weighted by Crippen LogP contribution is -1.88. The molecule has 156 valence electrons. The number of nitrogens with zero attached hydrogens (tertiary/aromatic N) is 1. The Morgan fingerprint density at radius 1 is 0.455 bits per heavy atom. The summed E-state index contributed by atoms with van der Waals surface area (Å²) in [6.07, 6.45) is 0. The third kappa shape index (κ3) is 2.54. The minimum atomic E-state index is 1.26. The van der Waals surface area contributed by atoms with Gasteiger partial charge in [0.05, 0.1) is 16.6 Å². The summed E-state index contributed by atoms with van der Waals surface area (Å²) in [4.78, 5) is 0. The van der Waals surface area contributed by atoms with Gasteiger partial charge in [-0.25, -0.2) is 0 Å². The zero-order valence-corrected chi connectivity index (χ0v) is 18.8. The number of benzene rings is 5. The van der Waals surface area contributed by atoms with Crippen molar-refractivity contribution in [2.45, 2.75) is 13.8 Å². The molecule has 0 radical (unpaired) electrons. The standard InChI is InChI=1S/C32H23N/c1-20-9-3-4-10-24(20)27-17-22(16-15-21(27)2)23-18-28-25-11-5-7-13-30(25)33-31-14-8-6-12-26(31)29(19-23)32(28)33/h3-19H,1-2H3. The molecule has 0 aliphatic carbocycles. The molecule has 0 spiro atoms. The maximum atomic E-state index is 2.44. The van der Waals surface area contributed by atoms with Gasteiger partial charge in [0.1, 0.15) is 0 Å². The van der Waals surface area contributed by atoms with Crippen LogP contribution >= 0.6 is 0 Å². The van der Waals surface area contributed by atoms with E-state index in [1.807, 2.05) is 0 Å². The van der Waals surface area contributed by atoms with Crippen molar-refractivity contribution in [1.82, 2.24) is 4.40 Å². The van der Waals surface area contributed by atoms with Crippen LogP contribution in [0, 0.1) is 13.8 Å². The first-order valence-corrected chi connectivity index (χ1v) is 11.5. The third-order valence-corrected chi connectivity index (χ3v) is 7.21. The van der Waals surface area contributed by atoms with Crippen LogP contribution < -0.4 is 0 Å². The van der Waals surface area contributed by atoms with E-state index in [0.29, 0.717) is 0 Å².